The number of carbonyl (C=O) groups excluding carboxylic acids is 1. The summed E-state index contributed by atoms with van der Waals surface area (Å²) in [6, 6.07) is 20.1. The van der Waals surface area contributed by atoms with Gasteiger partial charge in [0, 0.05) is 6.54 Å². The minimum Gasteiger partial charge on any atom is -0.351 e. The van der Waals surface area contributed by atoms with Crippen molar-refractivity contribution in [3.05, 3.63) is 71.8 Å². The summed E-state index contributed by atoms with van der Waals surface area (Å²) in [6.07, 6.45) is 0.984. The summed E-state index contributed by atoms with van der Waals surface area (Å²) in [5.74, 6) is 0.350. The third-order valence-corrected chi connectivity index (χ3v) is 3.96. The molecule has 2 heteroatoms. The Bertz CT molecular complexity index is 550. The first-order chi connectivity index (χ1) is 10.2. The molecule has 0 aliphatic carbocycles. The molecule has 2 atom stereocenters. The van der Waals surface area contributed by atoms with Crippen LogP contribution in [0.1, 0.15) is 37.3 Å². The first-order valence-corrected chi connectivity index (χ1v) is 7.59. The van der Waals surface area contributed by atoms with Crippen molar-refractivity contribution in [2.24, 2.45) is 5.92 Å². The van der Waals surface area contributed by atoms with Crippen molar-refractivity contribution >= 4 is 5.91 Å². The maximum atomic E-state index is 12.6. The molecular weight excluding hydrogens is 258 g/mol. The van der Waals surface area contributed by atoms with Crippen molar-refractivity contribution in [3.8, 4) is 0 Å². The van der Waals surface area contributed by atoms with Gasteiger partial charge >= 0.3 is 0 Å². The van der Waals surface area contributed by atoms with Gasteiger partial charge in [-0.05, 0) is 17.0 Å². The lowest BCUT2D eigenvalue weighted by Crippen LogP contribution is -2.32. The van der Waals surface area contributed by atoms with E-state index in [0.29, 0.717) is 12.5 Å². The molecular formula is C19H23NO. The van der Waals surface area contributed by atoms with Crippen LogP contribution in [0.15, 0.2) is 60.7 Å². The Morgan fingerprint density at radius 1 is 1.00 bits per heavy atom. The molecule has 0 saturated carbocycles. The van der Waals surface area contributed by atoms with Crippen LogP contribution in [0, 0.1) is 5.92 Å². The first-order valence-electron chi connectivity index (χ1n) is 7.59. The van der Waals surface area contributed by atoms with Gasteiger partial charge in [0.1, 0.15) is 0 Å². The minimum absolute atomic E-state index is 0.0834. The lowest BCUT2D eigenvalue weighted by Gasteiger charge is -2.22. The number of nitrogens with one attached hydrogen (secondary N) is 1. The molecule has 2 rings (SSSR count). The largest absolute Gasteiger partial charge is 0.351 e. The van der Waals surface area contributed by atoms with Gasteiger partial charge in [-0.2, -0.15) is 0 Å². The van der Waals surface area contributed by atoms with Gasteiger partial charge in [0.15, 0.2) is 0 Å². The molecule has 0 fully saturated rings. The highest BCUT2D eigenvalue weighted by atomic mass is 16.1. The first kappa shape index (κ1) is 15.3. The second kappa shape index (κ2) is 7.63. The summed E-state index contributed by atoms with van der Waals surface area (Å²) >= 11 is 0. The average molecular weight is 281 g/mol. The predicted octanol–water partition coefficient (Wildman–Crippen LogP) is 4.13. The Morgan fingerprint density at radius 2 is 1.57 bits per heavy atom. The molecule has 0 spiro atoms. The maximum absolute atomic E-state index is 12.6. The van der Waals surface area contributed by atoms with E-state index in [1.54, 1.807) is 0 Å². The van der Waals surface area contributed by atoms with E-state index in [1.807, 2.05) is 60.7 Å². The number of amides is 1. The van der Waals surface area contributed by atoms with Crippen LogP contribution in [0.2, 0.25) is 0 Å². The van der Waals surface area contributed by atoms with E-state index in [0.717, 1.165) is 17.5 Å². The molecule has 2 unspecified atom stereocenters. The molecule has 0 radical (unpaired) electrons. The molecule has 1 N–H and O–H groups in total. The van der Waals surface area contributed by atoms with E-state index >= 15 is 0 Å². The van der Waals surface area contributed by atoms with Crippen molar-refractivity contribution in [1.29, 1.82) is 0 Å². The van der Waals surface area contributed by atoms with Gasteiger partial charge in [0.25, 0.3) is 0 Å². The van der Waals surface area contributed by atoms with Gasteiger partial charge in [-0.25, -0.2) is 0 Å². The highest BCUT2D eigenvalue weighted by Gasteiger charge is 2.25. The smallest absolute Gasteiger partial charge is 0.228 e. The molecule has 110 valence electrons. The Labute approximate surface area is 127 Å². The van der Waals surface area contributed by atoms with E-state index in [1.165, 1.54) is 0 Å². The van der Waals surface area contributed by atoms with Crippen LogP contribution in [0.5, 0.6) is 0 Å². The van der Waals surface area contributed by atoms with Crippen LogP contribution in [0.4, 0.5) is 0 Å². The standard InChI is InChI=1S/C19H23NO/c1-3-15(2)18(17-12-8-5-9-13-17)19(21)20-14-16-10-6-4-7-11-16/h4-13,15,18H,3,14H2,1-2H3,(H,20,21). The van der Waals surface area contributed by atoms with Gasteiger partial charge in [-0.3, -0.25) is 4.79 Å². The topological polar surface area (TPSA) is 29.1 Å². The zero-order valence-corrected chi connectivity index (χ0v) is 12.8. The molecule has 21 heavy (non-hydrogen) atoms. The van der Waals surface area contributed by atoms with E-state index < -0.39 is 0 Å². The number of hydrogen-bond donors (Lipinski definition) is 1. The van der Waals surface area contributed by atoms with Crippen LogP contribution < -0.4 is 5.32 Å². The van der Waals surface area contributed by atoms with Gasteiger partial charge in [-0.1, -0.05) is 80.9 Å². The lowest BCUT2D eigenvalue weighted by molar-refractivity contribution is -0.123. The van der Waals surface area contributed by atoms with Crippen LogP contribution in [0.3, 0.4) is 0 Å². The maximum Gasteiger partial charge on any atom is 0.228 e. The van der Waals surface area contributed by atoms with Crippen molar-refractivity contribution in [1.82, 2.24) is 5.32 Å². The van der Waals surface area contributed by atoms with Crippen molar-refractivity contribution in [2.45, 2.75) is 32.7 Å². The molecule has 0 heterocycles. The molecule has 2 nitrogen and oxygen atoms in total. The molecule has 0 aliphatic heterocycles. The second-order valence-corrected chi connectivity index (χ2v) is 5.48. The normalized spacial score (nSPS) is 13.4. The van der Waals surface area contributed by atoms with Crippen molar-refractivity contribution in [3.63, 3.8) is 0 Å². The van der Waals surface area contributed by atoms with Crippen molar-refractivity contribution in [2.75, 3.05) is 0 Å². The summed E-state index contributed by atoms with van der Waals surface area (Å²) in [4.78, 5) is 12.6. The highest BCUT2D eigenvalue weighted by Crippen LogP contribution is 2.27. The van der Waals surface area contributed by atoms with E-state index in [4.69, 9.17) is 0 Å². The van der Waals surface area contributed by atoms with E-state index in [-0.39, 0.29) is 11.8 Å². The quantitative estimate of drug-likeness (QED) is 0.847. The molecule has 0 aliphatic rings. The Hall–Kier alpha value is -2.09. The SMILES string of the molecule is CCC(C)C(C(=O)NCc1ccccc1)c1ccccc1. The molecule has 0 bridgehead atoms. The van der Waals surface area contributed by atoms with Gasteiger partial charge < -0.3 is 5.32 Å². The molecule has 1 amide bonds. The summed E-state index contributed by atoms with van der Waals surface area (Å²) in [6.45, 7) is 4.85. The van der Waals surface area contributed by atoms with Gasteiger partial charge in [0.05, 0.1) is 5.92 Å². The van der Waals surface area contributed by atoms with Crippen molar-refractivity contribution < 1.29 is 4.79 Å². The van der Waals surface area contributed by atoms with Gasteiger partial charge in [0.2, 0.25) is 5.91 Å². The summed E-state index contributed by atoms with van der Waals surface area (Å²) in [5, 5.41) is 3.07. The van der Waals surface area contributed by atoms with Gasteiger partial charge in [-0.15, -0.1) is 0 Å². The lowest BCUT2D eigenvalue weighted by atomic mass is 9.85. The fourth-order valence-electron chi connectivity index (χ4n) is 2.53. The number of carbonyl (C=O) groups is 1. The number of hydrogen-bond acceptors (Lipinski definition) is 1. The number of benzene rings is 2. The number of rotatable bonds is 6. The van der Waals surface area contributed by atoms with Crippen LogP contribution in [-0.2, 0) is 11.3 Å². The van der Waals surface area contributed by atoms with Crippen LogP contribution >= 0.6 is 0 Å². The Kier molecular flexibility index (Phi) is 5.56. The minimum atomic E-state index is -0.0834. The highest BCUT2D eigenvalue weighted by molar-refractivity contribution is 5.83. The molecule has 2 aromatic carbocycles. The monoisotopic (exact) mass is 281 g/mol. The molecule has 0 aromatic heterocycles. The average Bonchev–Trinajstić information content (AvgIpc) is 2.55. The fourth-order valence-corrected chi connectivity index (χ4v) is 2.53. The summed E-state index contributed by atoms with van der Waals surface area (Å²) < 4.78 is 0. The van der Waals surface area contributed by atoms with Crippen LogP contribution in [-0.4, -0.2) is 5.91 Å². The van der Waals surface area contributed by atoms with Crippen LogP contribution in [0.25, 0.3) is 0 Å². The third-order valence-electron chi connectivity index (χ3n) is 3.96. The fraction of sp³-hybridized carbons (Fsp3) is 0.316. The molecule has 2 aromatic rings. The summed E-state index contributed by atoms with van der Waals surface area (Å²) in [7, 11) is 0. The van der Waals surface area contributed by atoms with E-state index in [9.17, 15) is 4.79 Å². The molecule has 0 saturated heterocycles. The second-order valence-electron chi connectivity index (χ2n) is 5.48. The Balaban J connectivity index is 2.08. The zero-order valence-electron chi connectivity index (χ0n) is 12.8. The summed E-state index contributed by atoms with van der Waals surface area (Å²) in [5.41, 5.74) is 2.22. The Morgan fingerprint density at radius 3 is 2.14 bits per heavy atom. The van der Waals surface area contributed by atoms with E-state index in [2.05, 4.69) is 19.2 Å². The zero-order chi connectivity index (χ0) is 15.1. The predicted molar refractivity (Wildman–Crippen MR) is 86.9 cm³/mol. The third kappa shape index (κ3) is 4.19.